The van der Waals surface area contributed by atoms with E-state index >= 15 is 0 Å². The van der Waals surface area contributed by atoms with Crippen LogP contribution >= 0.6 is 0 Å². The number of aromatic nitrogens is 3. The summed E-state index contributed by atoms with van der Waals surface area (Å²) >= 11 is 0. The number of halogens is 3. The van der Waals surface area contributed by atoms with Crippen LogP contribution in [-0.4, -0.2) is 76.4 Å². The molecule has 1 saturated carbocycles. The monoisotopic (exact) mass is 477 g/mol. The number of nitrogens with zero attached hydrogens (tertiary/aromatic N) is 5. The number of imidazole rings is 1. The van der Waals surface area contributed by atoms with Crippen molar-refractivity contribution in [2.75, 3.05) is 44.7 Å². The van der Waals surface area contributed by atoms with Crippen LogP contribution in [0, 0.1) is 5.92 Å². The van der Waals surface area contributed by atoms with E-state index < -0.39 is 12.1 Å². The number of ether oxygens (including phenoxy) is 1. The van der Waals surface area contributed by atoms with Gasteiger partial charge in [0.2, 0.25) is 0 Å². The second-order valence-corrected chi connectivity index (χ2v) is 8.35. The number of hydrogen-bond acceptors (Lipinski definition) is 6. The molecule has 5 rings (SSSR count). The summed E-state index contributed by atoms with van der Waals surface area (Å²) in [6, 6.07) is 8.10. The van der Waals surface area contributed by atoms with Gasteiger partial charge in [0.25, 0.3) is 0 Å². The minimum absolute atomic E-state index is 0.850. The summed E-state index contributed by atoms with van der Waals surface area (Å²) < 4.78 is 39.2. The van der Waals surface area contributed by atoms with Crippen LogP contribution in [0.15, 0.2) is 42.9 Å². The van der Waals surface area contributed by atoms with Crippen molar-refractivity contribution in [2.24, 2.45) is 5.92 Å². The van der Waals surface area contributed by atoms with E-state index in [1.165, 1.54) is 19.4 Å². The summed E-state index contributed by atoms with van der Waals surface area (Å²) in [6.45, 7) is 5.53. The number of hydrogen-bond donors (Lipinski definition) is 1. The zero-order valence-corrected chi connectivity index (χ0v) is 18.7. The van der Waals surface area contributed by atoms with E-state index in [1.807, 2.05) is 36.8 Å². The van der Waals surface area contributed by atoms with Gasteiger partial charge < -0.3 is 14.7 Å². The molecule has 0 bridgehead atoms. The Morgan fingerprint density at radius 1 is 1.18 bits per heavy atom. The molecule has 3 heterocycles. The zero-order chi connectivity index (χ0) is 24.3. The van der Waals surface area contributed by atoms with Gasteiger partial charge in [-0.1, -0.05) is 12.1 Å². The van der Waals surface area contributed by atoms with Crippen LogP contribution in [0.25, 0.3) is 16.9 Å². The van der Waals surface area contributed by atoms with Gasteiger partial charge in [-0.15, -0.1) is 0 Å². The van der Waals surface area contributed by atoms with Crippen LogP contribution in [0.1, 0.15) is 12.8 Å². The second-order valence-electron chi connectivity index (χ2n) is 8.35. The number of piperazine rings is 1. The van der Waals surface area contributed by atoms with Crippen LogP contribution in [-0.2, 0) is 4.79 Å². The van der Waals surface area contributed by atoms with Gasteiger partial charge >= 0.3 is 12.1 Å². The number of benzene rings is 1. The van der Waals surface area contributed by atoms with Crippen LogP contribution < -0.4 is 9.64 Å². The van der Waals surface area contributed by atoms with Crippen LogP contribution in [0.3, 0.4) is 0 Å². The third kappa shape index (κ3) is 5.58. The minimum atomic E-state index is -5.08. The maximum Gasteiger partial charge on any atom is 0.490 e. The molecule has 0 atom stereocenters. The average molecular weight is 477 g/mol. The van der Waals surface area contributed by atoms with Crippen molar-refractivity contribution in [3.05, 3.63) is 42.9 Å². The number of rotatable bonds is 5. The Kier molecular flexibility index (Phi) is 6.92. The Bertz CT molecular complexity index is 1140. The molecular weight excluding hydrogens is 451 g/mol. The maximum atomic E-state index is 10.6. The number of fused-ring (bicyclic) bond motifs is 1. The normalized spacial score (nSPS) is 16.8. The highest BCUT2D eigenvalue weighted by Crippen LogP contribution is 2.31. The molecule has 3 aromatic rings. The molecule has 8 nitrogen and oxygen atoms in total. The summed E-state index contributed by atoms with van der Waals surface area (Å²) in [5.74, 6) is 0.0320. The SMILES string of the molecule is COc1cccc(-c2cnc3c(N4CCN(CC5CC5)CC4)nccn23)c1.O=C(O)C(F)(F)F. The topological polar surface area (TPSA) is 83.2 Å². The smallest absolute Gasteiger partial charge is 0.490 e. The highest BCUT2D eigenvalue weighted by atomic mass is 19.4. The van der Waals surface area contributed by atoms with Gasteiger partial charge in [0.15, 0.2) is 11.5 Å². The van der Waals surface area contributed by atoms with E-state index in [0.29, 0.717) is 0 Å². The fourth-order valence-corrected chi connectivity index (χ4v) is 3.93. The third-order valence-electron chi connectivity index (χ3n) is 5.90. The van der Waals surface area contributed by atoms with Gasteiger partial charge in [-0.25, -0.2) is 14.8 Å². The molecule has 0 spiro atoms. The molecular formula is C23H26F3N5O3. The lowest BCUT2D eigenvalue weighted by molar-refractivity contribution is -0.192. The summed E-state index contributed by atoms with van der Waals surface area (Å²) in [5.41, 5.74) is 3.07. The quantitative estimate of drug-likeness (QED) is 0.602. The lowest BCUT2D eigenvalue weighted by Gasteiger charge is -2.35. The Morgan fingerprint density at radius 2 is 1.88 bits per heavy atom. The van der Waals surface area contributed by atoms with Crippen molar-refractivity contribution >= 4 is 17.4 Å². The molecule has 1 aliphatic carbocycles. The molecule has 0 radical (unpaired) electrons. The van der Waals surface area contributed by atoms with E-state index in [2.05, 4.69) is 25.3 Å². The Labute approximate surface area is 194 Å². The summed E-state index contributed by atoms with van der Waals surface area (Å²) in [5, 5.41) is 7.12. The molecule has 0 unspecified atom stereocenters. The molecule has 34 heavy (non-hydrogen) atoms. The first-order valence-corrected chi connectivity index (χ1v) is 11.0. The van der Waals surface area contributed by atoms with E-state index in [4.69, 9.17) is 19.6 Å². The molecule has 1 N–H and O–H groups in total. The first kappa shape index (κ1) is 23.8. The number of anilines is 1. The Balaban J connectivity index is 0.000000344. The lowest BCUT2D eigenvalue weighted by Crippen LogP contribution is -2.47. The molecule has 1 aliphatic heterocycles. The average Bonchev–Trinajstić information content (AvgIpc) is 3.53. The maximum absolute atomic E-state index is 10.6. The molecule has 2 fully saturated rings. The molecule has 1 aromatic carbocycles. The van der Waals surface area contributed by atoms with Crippen LogP contribution in [0.5, 0.6) is 5.75 Å². The van der Waals surface area contributed by atoms with Gasteiger partial charge in [0.05, 0.1) is 19.0 Å². The highest BCUT2D eigenvalue weighted by molar-refractivity contribution is 5.73. The van der Waals surface area contributed by atoms with Gasteiger partial charge in [-0.2, -0.15) is 13.2 Å². The summed E-state index contributed by atoms with van der Waals surface area (Å²) in [4.78, 5) is 23.2. The zero-order valence-electron chi connectivity index (χ0n) is 18.7. The van der Waals surface area contributed by atoms with Crippen molar-refractivity contribution < 1.29 is 27.8 Å². The Morgan fingerprint density at radius 3 is 2.50 bits per heavy atom. The van der Waals surface area contributed by atoms with Crippen molar-refractivity contribution in [1.82, 2.24) is 19.3 Å². The summed E-state index contributed by atoms with van der Waals surface area (Å²) in [7, 11) is 1.69. The van der Waals surface area contributed by atoms with Crippen molar-refractivity contribution in [3.8, 4) is 17.0 Å². The van der Waals surface area contributed by atoms with Gasteiger partial charge in [0.1, 0.15) is 5.75 Å². The number of alkyl halides is 3. The van der Waals surface area contributed by atoms with E-state index in [-0.39, 0.29) is 0 Å². The third-order valence-corrected chi connectivity index (χ3v) is 5.90. The second kappa shape index (κ2) is 9.88. The first-order chi connectivity index (χ1) is 16.3. The van der Waals surface area contributed by atoms with Gasteiger partial charge in [0, 0.05) is 50.7 Å². The van der Waals surface area contributed by atoms with Crippen LogP contribution in [0.4, 0.5) is 19.0 Å². The number of carboxylic acid groups (broad SMARTS) is 1. The lowest BCUT2D eigenvalue weighted by atomic mass is 10.1. The van der Waals surface area contributed by atoms with E-state index in [0.717, 1.165) is 60.6 Å². The Hall–Kier alpha value is -3.34. The molecule has 11 heteroatoms. The van der Waals surface area contributed by atoms with Crippen LogP contribution in [0.2, 0.25) is 0 Å². The van der Waals surface area contributed by atoms with E-state index in [1.54, 1.807) is 7.11 Å². The van der Waals surface area contributed by atoms with E-state index in [9.17, 15) is 13.2 Å². The predicted molar refractivity (Wildman–Crippen MR) is 120 cm³/mol. The van der Waals surface area contributed by atoms with Crippen molar-refractivity contribution in [2.45, 2.75) is 19.0 Å². The minimum Gasteiger partial charge on any atom is -0.497 e. The fraction of sp³-hybridized carbons (Fsp3) is 0.435. The largest absolute Gasteiger partial charge is 0.497 e. The van der Waals surface area contributed by atoms with Crippen molar-refractivity contribution in [1.29, 1.82) is 0 Å². The number of carboxylic acids is 1. The number of carbonyl (C=O) groups is 1. The predicted octanol–water partition coefficient (Wildman–Crippen LogP) is 3.57. The summed E-state index contributed by atoms with van der Waals surface area (Å²) in [6.07, 6.45) is 3.55. The molecule has 2 aromatic heterocycles. The number of aliphatic carboxylic acids is 1. The van der Waals surface area contributed by atoms with Crippen molar-refractivity contribution in [3.63, 3.8) is 0 Å². The number of methoxy groups -OCH3 is 1. The highest BCUT2D eigenvalue weighted by Gasteiger charge is 2.38. The standard InChI is InChI=1S/C21H25N5O.C2HF3O2/c1-27-18-4-2-3-17(13-18)19-14-23-21-20(22-7-8-26(19)21)25-11-9-24(10-12-25)15-16-5-6-16;3-2(4,5)1(6)7/h2-4,7-8,13-14,16H,5-6,9-12,15H2,1H3;(H,6,7). The van der Waals surface area contributed by atoms with Gasteiger partial charge in [-0.05, 0) is 30.9 Å². The van der Waals surface area contributed by atoms with Gasteiger partial charge in [-0.3, -0.25) is 9.30 Å². The fourth-order valence-electron chi connectivity index (χ4n) is 3.93. The molecule has 1 saturated heterocycles. The first-order valence-electron chi connectivity index (χ1n) is 11.0. The molecule has 182 valence electrons. The molecule has 2 aliphatic rings. The molecule has 0 amide bonds.